The molecule has 1 aliphatic heterocycles. The van der Waals surface area contributed by atoms with Gasteiger partial charge in [0.15, 0.2) is 0 Å². The maximum atomic E-state index is 5.23. The second kappa shape index (κ2) is 11.1. The molecule has 1 saturated heterocycles. The Kier molecular flexibility index (Phi) is 10.5. The summed E-state index contributed by atoms with van der Waals surface area (Å²) >= 11 is 0. The number of hydrogen-bond acceptors (Lipinski definition) is 2. The first-order valence-corrected chi connectivity index (χ1v) is 7.25. The van der Waals surface area contributed by atoms with Crippen molar-refractivity contribution >= 4 is 0 Å². The predicted octanol–water partition coefficient (Wildman–Crippen LogP) is 4.21. The topological polar surface area (TPSA) is 21.3 Å². The van der Waals surface area contributed by atoms with Crippen molar-refractivity contribution in [3.05, 3.63) is 29.8 Å². The minimum absolute atomic E-state index is 0.666. The van der Waals surface area contributed by atoms with Gasteiger partial charge in [0.25, 0.3) is 0 Å². The molecule has 1 atom stereocenters. The molecule has 0 aliphatic carbocycles. The van der Waals surface area contributed by atoms with Gasteiger partial charge in [0.2, 0.25) is 0 Å². The third kappa shape index (κ3) is 5.54. The molecular weight excluding hydrogens is 222 g/mol. The van der Waals surface area contributed by atoms with Crippen molar-refractivity contribution in [2.45, 2.75) is 46.5 Å². The molecule has 0 bridgehead atoms. The van der Waals surface area contributed by atoms with Crippen LogP contribution in [0.3, 0.4) is 0 Å². The highest BCUT2D eigenvalue weighted by Crippen LogP contribution is 2.25. The number of piperidine rings is 1. The van der Waals surface area contributed by atoms with E-state index in [1.165, 1.54) is 24.9 Å². The van der Waals surface area contributed by atoms with Crippen molar-refractivity contribution in [3.63, 3.8) is 0 Å². The van der Waals surface area contributed by atoms with Gasteiger partial charge in [-0.2, -0.15) is 0 Å². The minimum atomic E-state index is 0.666. The van der Waals surface area contributed by atoms with E-state index in [9.17, 15) is 0 Å². The van der Waals surface area contributed by atoms with Crippen molar-refractivity contribution < 1.29 is 4.74 Å². The lowest BCUT2D eigenvalue weighted by molar-refractivity contribution is 0.411. The van der Waals surface area contributed by atoms with Crippen molar-refractivity contribution in [1.29, 1.82) is 0 Å². The molecule has 2 nitrogen and oxygen atoms in total. The van der Waals surface area contributed by atoms with Crippen molar-refractivity contribution in [2.75, 3.05) is 20.2 Å². The Bertz CT molecular complexity index is 293. The van der Waals surface area contributed by atoms with Gasteiger partial charge in [0.05, 0.1) is 7.11 Å². The van der Waals surface area contributed by atoms with E-state index in [-0.39, 0.29) is 0 Å². The zero-order valence-corrected chi connectivity index (χ0v) is 12.6. The van der Waals surface area contributed by atoms with E-state index in [0.29, 0.717) is 5.92 Å². The van der Waals surface area contributed by atoms with E-state index in [1.807, 2.05) is 33.8 Å². The van der Waals surface area contributed by atoms with Crippen LogP contribution in [0.4, 0.5) is 0 Å². The molecule has 1 aromatic carbocycles. The fourth-order valence-corrected chi connectivity index (χ4v) is 2.03. The van der Waals surface area contributed by atoms with Gasteiger partial charge >= 0.3 is 0 Å². The lowest BCUT2D eigenvalue weighted by atomic mass is 9.92. The summed E-state index contributed by atoms with van der Waals surface area (Å²) in [6.45, 7) is 10.3. The van der Waals surface area contributed by atoms with Crippen molar-refractivity contribution in [3.8, 4) is 5.75 Å². The molecule has 0 saturated carbocycles. The minimum Gasteiger partial charge on any atom is -0.497 e. The lowest BCUT2D eigenvalue weighted by Gasteiger charge is -2.23. The van der Waals surface area contributed by atoms with Gasteiger partial charge < -0.3 is 10.1 Å². The second-order valence-corrected chi connectivity index (χ2v) is 3.82. The number of rotatable bonds is 2. The largest absolute Gasteiger partial charge is 0.497 e. The van der Waals surface area contributed by atoms with Crippen LogP contribution >= 0.6 is 0 Å². The second-order valence-electron chi connectivity index (χ2n) is 3.82. The van der Waals surface area contributed by atoms with Gasteiger partial charge in [-0.3, -0.25) is 0 Å². The van der Waals surface area contributed by atoms with E-state index >= 15 is 0 Å². The summed E-state index contributed by atoms with van der Waals surface area (Å²) < 4.78 is 5.23. The van der Waals surface area contributed by atoms with Gasteiger partial charge in [-0.15, -0.1) is 0 Å². The van der Waals surface area contributed by atoms with Gasteiger partial charge in [-0.05, 0) is 43.0 Å². The summed E-state index contributed by atoms with van der Waals surface area (Å²) in [5.74, 6) is 1.63. The van der Waals surface area contributed by atoms with Crippen molar-refractivity contribution in [2.24, 2.45) is 0 Å². The number of methoxy groups -OCH3 is 1. The highest BCUT2D eigenvalue weighted by molar-refractivity contribution is 5.31. The Morgan fingerprint density at radius 3 is 2.44 bits per heavy atom. The van der Waals surface area contributed by atoms with Gasteiger partial charge in [0.1, 0.15) is 5.75 Å². The Morgan fingerprint density at radius 2 is 1.89 bits per heavy atom. The number of hydrogen-bond donors (Lipinski definition) is 1. The molecule has 0 amide bonds. The highest BCUT2D eigenvalue weighted by atomic mass is 16.5. The molecule has 2 heteroatoms. The fourth-order valence-electron chi connectivity index (χ4n) is 2.03. The smallest absolute Gasteiger partial charge is 0.119 e. The van der Waals surface area contributed by atoms with Gasteiger partial charge in [0, 0.05) is 6.54 Å². The summed E-state index contributed by atoms with van der Waals surface area (Å²) in [4.78, 5) is 0. The molecule has 2 rings (SSSR count). The molecule has 0 radical (unpaired) electrons. The fraction of sp³-hybridized carbons (Fsp3) is 0.625. The van der Waals surface area contributed by atoms with E-state index < -0.39 is 0 Å². The predicted molar refractivity (Wildman–Crippen MR) is 80.5 cm³/mol. The first-order valence-electron chi connectivity index (χ1n) is 7.25. The average Bonchev–Trinajstić information content (AvgIpc) is 2.52. The van der Waals surface area contributed by atoms with Gasteiger partial charge in [-0.25, -0.2) is 0 Å². The van der Waals surface area contributed by atoms with Crippen molar-refractivity contribution in [1.82, 2.24) is 5.32 Å². The Hall–Kier alpha value is -1.02. The first kappa shape index (κ1) is 17.0. The summed E-state index contributed by atoms with van der Waals surface area (Å²) in [5, 5.41) is 3.43. The van der Waals surface area contributed by atoms with E-state index in [0.717, 1.165) is 12.3 Å². The molecule has 1 unspecified atom stereocenters. The number of nitrogens with one attached hydrogen (secondary N) is 1. The number of benzene rings is 1. The normalized spacial score (nSPS) is 17.7. The third-order valence-corrected chi connectivity index (χ3v) is 2.86. The lowest BCUT2D eigenvalue weighted by Crippen LogP contribution is -2.28. The molecule has 0 spiro atoms. The molecule has 1 aromatic rings. The maximum Gasteiger partial charge on any atom is 0.119 e. The summed E-state index contributed by atoms with van der Waals surface area (Å²) in [5.41, 5.74) is 1.40. The summed E-state index contributed by atoms with van der Waals surface area (Å²) in [6.07, 6.45) is 2.57. The van der Waals surface area contributed by atoms with Crippen LogP contribution in [0.15, 0.2) is 24.3 Å². The molecule has 1 N–H and O–H groups in total. The van der Waals surface area contributed by atoms with Crippen LogP contribution in [0, 0.1) is 0 Å². The molecule has 0 aromatic heterocycles. The first-order chi connectivity index (χ1) is 8.90. The summed E-state index contributed by atoms with van der Waals surface area (Å²) in [7, 11) is 1.72. The molecule has 18 heavy (non-hydrogen) atoms. The van der Waals surface area contributed by atoms with Crippen LogP contribution in [0.2, 0.25) is 0 Å². The Labute approximate surface area is 113 Å². The molecule has 1 heterocycles. The molecule has 1 fully saturated rings. The Balaban J connectivity index is 0.000000659. The standard InChI is InChI=1S/C12H17NO.2C2H6/c1-14-12-6-2-4-10(8-12)11-5-3-7-13-9-11;2*1-2/h2,4,6,8,11,13H,3,5,7,9H2,1H3;2*1-2H3. The van der Waals surface area contributed by atoms with Crippen LogP contribution in [-0.2, 0) is 0 Å². The quantitative estimate of drug-likeness (QED) is 0.850. The van der Waals surface area contributed by atoms with E-state index in [4.69, 9.17) is 4.74 Å². The Morgan fingerprint density at radius 1 is 1.17 bits per heavy atom. The molecule has 104 valence electrons. The van der Waals surface area contributed by atoms with Crippen LogP contribution in [0.1, 0.15) is 52.0 Å². The third-order valence-electron chi connectivity index (χ3n) is 2.86. The van der Waals surface area contributed by atoms with Crippen LogP contribution in [0.25, 0.3) is 0 Å². The highest BCUT2D eigenvalue weighted by Gasteiger charge is 2.14. The van der Waals surface area contributed by atoms with E-state index in [2.05, 4.69) is 23.5 Å². The molecule has 1 aliphatic rings. The van der Waals surface area contributed by atoms with E-state index in [1.54, 1.807) is 7.11 Å². The van der Waals surface area contributed by atoms with Crippen LogP contribution in [-0.4, -0.2) is 20.2 Å². The maximum absolute atomic E-state index is 5.23. The van der Waals surface area contributed by atoms with Crippen LogP contribution < -0.4 is 10.1 Å². The van der Waals surface area contributed by atoms with Gasteiger partial charge in [-0.1, -0.05) is 39.8 Å². The average molecular weight is 251 g/mol. The molecular formula is C16H29NO. The SMILES string of the molecule is CC.CC.COc1cccc(C2CCCNC2)c1. The zero-order chi connectivity index (χ0) is 13.8. The van der Waals surface area contributed by atoms with Crippen LogP contribution in [0.5, 0.6) is 5.75 Å². The summed E-state index contributed by atoms with van der Waals surface area (Å²) in [6, 6.07) is 8.42. The monoisotopic (exact) mass is 251 g/mol. The zero-order valence-electron chi connectivity index (χ0n) is 12.6. The number of ether oxygens (including phenoxy) is 1.